The van der Waals surface area contributed by atoms with Crippen molar-refractivity contribution in [2.45, 2.75) is 13.3 Å². The van der Waals surface area contributed by atoms with Crippen molar-refractivity contribution in [3.8, 4) is 78.7 Å². The van der Waals surface area contributed by atoms with E-state index in [0.717, 1.165) is 73.7 Å². The number of pyridine rings is 2. The Hall–Kier alpha value is -7.82. The molecular formula is C57H42N4. The number of rotatable bonds is 9. The van der Waals surface area contributed by atoms with Crippen LogP contribution in [0.1, 0.15) is 24.5 Å². The first-order valence-electron chi connectivity index (χ1n) is 20.8. The van der Waals surface area contributed by atoms with E-state index in [2.05, 4.69) is 177 Å². The van der Waals surface area contributed by atoms with Gasteiger partial charge in [-0.05, 0) is 105 Å². The fourth-order valence-electron chi connectivity index (χ4n) is 8.21. The first-order valence-corrected chi connectivity index (χ1v) is 20.8. The van der Waals surface area contributed by atoms with Crippen molar-refractivity contribution in [1.82, 2.24) is 19.9 Å². The van der Waals surface area contributed by atoms with Crippen LogP contribution in [0.3, 0.4) is 0 Å². The summed E-state index contributed by atoms with van der Waals surface area (Å²) in [5.74, 6) is 1.06. The molecule has 0 bridgehead atoms. The van der Waals surface area contributed by atoms with Gasteiger partial charge in [0, 0.05) is 34.6 Å². The maximum absolute atomic E-state index is 5.38. The highest BCUT2D eigenvalue weighted by Gasteiger charge is 2.21. The van der Waals surface area contributed by atoms with E-state index in [-0.39, 0.29) is 0 Å². The first kappa shape index (κ1) is 37.5. The standard InChI is InChI=1S/C57H42N4/c1-39-22-31-50(52(34-39)44-18-9-4-10-19-44)47-35-48(51-20-13-33-59-56(51)53-21-11-12-32-58-53)37-49(36-47)57-60-54(45-27-23-42(24-28-45)40-14-5-2-6-15-40)38-55(61-57)46-29-25-43(26-30-46)41-16-7-3-8-17-41/h2-21,23-39H,22H2,1H3. The van der Waals surface area contributed by atoms with Gasteiger partial charge in [0.2, 0.25) is 0 Å². The van der Waals surface area contributed by atoms with Gasteiger partial charge in [0.1, 0.15) is 0 Å². The second-order valence-corrected chi connectivity index (χ2v) is 15.5. The second kappa shape index (κ2) is 16.8. The summed E-state index contributed by atoms with van der Waals surface area (Å²) in [5, 5.41) is 0. The van der Waals surface area contributed by atoms with Gasteiger partial charge in [0.05, 0.1) is 22.8 Å². The van der Waals surface area contributed by atoms with E-state index in [1.54, 1.807) is 0 Å². The molecule has 9 aromatic rings. The molecule has 1 atom stereocenters. The molecule has 4 nitrogen and oxygen atoms in total. The third kappa shape index (κ3) is 8.00. The largest absolute Gasteiger partial charge is 0.255 e. The van der Waals surface area contributed by atoms with E-state index in [0.29, 0.717) is 11.7 Å². The van der Waals surface area contributed by atoms with Gasteiger partial charge in [-0.1, -0.05) is 171 Å². The zero-order valence-corrected chi connectivity index (χ0v) is 33.9. The molecule has 0 saturated heterocycles. The van der Waals surface area contributed by atoms with Crippen LogP contribution in [0, 0.1) is 5.92 Å². The molecule has 290 valence electrons. The molecule has 0 N–H and O–H groups in total. The third-order valence-electron chi connectivity index (χ3n) is 11.4. The van der Waals surface area contributed by atoms with Crippen molar-refractivity contribution in [1.29, 1.82) is 0 Å². The Morgan fingerprint density at radius 2 is 0.885 bits per heavy atom. The summed E-state index contributed by atoms with van der Waals surface area (Å²) < 4.78 is 0. The molecule has 0 fully saturated rings. The number of allylic oxidation sites excluding steroid dienone is 4. The van der Waals surface area contributed by atoms with Gasteiger partial charge in [-0.3, -0.25) is 9.97 Å². The topological polar surface area (TPSA) is 51.6 Å². The van der Waals surface area contributed by atoms with Crippen LogP contribution in [-0.2, 0) is 0 Å². The minimum absolute atomic E-state index is 0.417. The Bertz CT molecular complexity index is 2910. The van der Waals surface area contributed by atoms with Crippen LogP contribution in [0.15, 0.2) is 219 Å². The highest BCUT2D eigenvalue weighted by Crippen LogP contribution is 2.42. The summed E-state index contributed by atoms with van der Waals surface area (Å²) in [6.07, 6.45) is 9.41. The Kier molecular flexibility index (Phi) is 10.3. The predicted octanol–water partition coefficient (Wildman–Crippen LogP) is 14.4. The molecule has 10 rings (SSSR count). The number of aromatic nitrogens is 4. The number of benzene rings is 6. The van der Waals surface area contributed by atoms with Gasteiger partial charge in [-0.25, -0.2) is 9.97 Å². The lowest BCUT2D eigenvalue weighted by Gasteiger charge is -2.22. The van der Waals surface area contributed by atoms with Crippen LogP contribution in [0.4, 0.5) is 0 Å². The number of hydrogen-bond donors (Lipinski definition) is 0. The minimum atomic E-state index is 0.417. The van der Waals surface area contributed by atoms with Crippen LogP contribution in [0.2, 0.25) is 0 Å². The van der Waals surface area contributed by atoms with Crippen molar-refractivity contribution < 1.29 is 0 Å². The Morgan fingerprint density at radius 1 is 0.377 bits per heavy atom. The summed E-state index contributed by atoms with van der Waals surface area (Å²) >= 11 is 0. The molecule has 3 aromatic heterocycles. The fourth-order valence-corrected chi connectivity index (χ4v) is 8.21. The molecule has 1 unspecified atom stereocenters. The molecular weight excluding hydrogens is 741 g/mol. The number of nitrogens with zero attached hydrogens (tertiary/aromatic N) is 4. The summed E-state index contributed by atoms with van der Waals surface area (Å²) in [4.78, 5) is 20.4. The lowest BCUT2D eigenvalue weighted by molar-refractivity contribution is 0.742. The van der Waals surface area contributed by atoms with E-state index >= 15 is 0 Å². The quantitative estimate of drug-likeness (QED) is 0.146. The van der Waals surface area contributed by atoms with Gasteiger partial charge >= 0.3 is 0 Å². The van der Waals surface area contributed by atoms with E-state index in [1.165, 1.54) is 27.8 Å². The van der Waals surface area contributed by atoms with Crippen LogP contribution >= 0.6 is 0 Å². The molecule has 0 aliphatic heterocycles. The van der Waals surface area contributed by atoms with E-state index in [1.807, 2.05) is 48.8 Å². The van der Waals surface area contributed by atoms with Crippen molar-refractivity contribution in [2.24, 2.45) is 5.92 Å². The van der Waals surface area contributed by atoms with Crippen molar-refractivity contribution >= 4 is 11.1 Å². The molecule has 0 amide bonds. The molecule has 61 heavy (non-hydrogen) atoms. The molecule has 1 aliphatic rings. The smallest absolute Gasteiger partial charge is 0.160 e. The average molecular weight is 783 g/mol. The molecule has 6 aromatic carbocycles. The minimum Gasteiger partial charge on any atom is -0.255 e. The van der Waals surface area contributed by atoms with Crippen molar-refractivity contribution in [3.63, 3.8) is 0 Å². The summed E-state index contributed by atoms with van der Waals surface area (Å²) in [6, 6.07) is 68.0. The first-order chi connectivity index (χ1) is 30.1. The van der Waals surface area contributed by atoms with Crippen LogP contribution in [0.25, 0.3) is 89.8 Å². The van der Waals surface area contributed by atoms with Gasteiger partial charge in [-0.2, -0.15) is 0 Å². The monoisotopic (exact) mass is 782 g/mol. The molecule has 1 aliphatic carbocycles. The highest BCUT2D eigenvalue weighted by molar-refractivity contribution is 6.06. The lowest BCUT2D eigenvalue weighted by atomic mass is 9.82. The van der Waals surface area contributed by atoms with Crippen LogP contribution in [0.5, 0.6) is 0 Å². The summed E-state index contributed by atoms with van der Waals surface area (Å²) in [7, 11) is 0. The maximum atomic E-state index is 5.38. The average Bonchev–Trinajstić information content (AvgIpc) is 3.35. The van der Waals surface area contributed by atoms with Crippen LogP contribution < -0.4 is 0 Å². The van der Waals surface area contributed by atoms with E-state index in [4.69, 9.17) is 19.9 Å². The highest BCUT2D eigenvalue weighted by atomic mass is 14.9. The zero-order chi connectivity index (χ0) is 41.0. The summed E-state index contributed by atoms with van der Waals surface area (Å²) in [5.41, 5.74) is 17.7. The van der Waals surface area contributed by atoms with Crippen molar-refractivity contribution in [2.75, 3.05) is 0 Å². The van der Waals surface area contributed by atoms with Gasteiger partial charge in [0.25, 0.3) is 0 Å². The Labute approximate surface area is 357 Å². The Balaban J connectivity index is 1.17. The van der Waals surface area contributed by atoms with E-state index in [9.17, 15) is 0 Å². The molecule has 0 saturated carbocycles. The third-order valence-corrected chi connectivity index (χ3v) is 11.4. The van der Waals surface area contributed by atoms with Crippen LogP contribution in [-0.4, -0.2) is 19.9 Å². The number of hydrogen-bond acceptors (Lipinski definition) is 4. The van der Waals surface area contributed by atoms with E-state index < -0.39 is 0 Å². The Morgan fingerprint density at radius 3 is 1.48 bits per heavy atom. The molecule has 0 radical (unpaired) electrons. The lowest BCUT2D eigenvalue weighted by Crippen LogP contribution is -2.03. The molecule has 4 heteroatoms. The normalized spacial score (nSPS) is 13.6. The summed E-state index contributed by atoms with van der Waals surface area (Å²) in [6.45, 7) is 2.28. The second-order valence-electron chi connectivity index (χ2n) is 15.5. The molecule has 0 spiro atoms. The van der Waals surface area contributed by atoms with Gasteiger partial charge in [-0.15, -0.1) is 0 Å². The van der Waals surface area contributed by atoms with Gasteiger partial charge in [0.15, 0.2) is 5.82 Å². The van der Waals surface area contributed by atoms with Crippen molar-refractivity contribution in [3.05, 3.63) is 230 Å². The molecule has 3 heterocycles. The zero-order valence-electron chi connectivity index (χ0n) is 33.9. The fraction of sp³-hybridized carbons (Fsp3) is 0.0526. The SMILES string of the molecule is CC1C=C(c2ccccc2)C(c2cc(-c3nc(-c4ccc(-c5ccccc5)cc4)cc(-c4ccc(-c5ccccc5)cc4)n3)cc(-c3cccnc3-c3ccccn3)c2)=CC1. The predicted molar refractivity (Wildman–Crippen MR) is 252 cm³/mol. The maximum Gasteiger partial charge on any atom is 0.160 e. The van der Waals surface area contributed by atoms with Gasteiger partial charge < -0.3 is 0 Å².